The van der Waals surface area contributed by atoms with Gasteiger partial charge in [-0.2, -0.15) is 0 Å². The molecule has 0 bridgehead atoms. The SMILES string of the molecule is [2H]c1c([2H])c(N(c2cccc(-c3cccc4ccccc34)c2)c2ccc3c(c2)C(C)(C)c2ccccc2-3)c([2H])c([2H])c1-c1ccccc1. The molecule has 1 heteroatoms. The summed E-state index contributed by atoms with van der Waals surface area (Å²) in [5.41, 5.74) is 9.32. The second-order valence-corrected chi connectivity index (χ2v) is 11.9. The standard InChI is InChI=1S/C43H33N/c1-43(2)41-21-9-8-19-39(41)40-27-26-36(29-42(40)43)44(34-24-22-31(23-25-34)30-12-4-3-5-13-30)35-17-10-16-33(28-35)38-20-11-15-32-14-6-7-18-37(32)38/h3-29H,1-2H3/i22D,23D,24D,25D. The first kappa shape index (κ1) is 22.2. The average molecular weight is 568 g/mol. The highest BCUT2D eigenvalue weighted by molar-refractivity contribution is 5.97. The highest BCUT2D eigenvalue weighted by Crippen LogP contribution is 2.50. The lowest BCUT2D eigenvalue weighted by Gasteiger charge is -2.28. The lowest BCUT2D eigenvalue weighted by Crippen LogP contribution is -2.16. The number of rotatable bonds is 5. The van der Waals surface area contributed by atoms with E-state index in [9.17, 15) is 2.74 Å². The van der Waals surface area contributed by atoms with Crippen LogP contribution in [-0.2, 0) is 5.41 Å². The van der Waals surface area contributed by atoms with Crippen molar-refractivity contribution < 1.29 is 5.48 Å². The van der Waals surface area contributed by atoms with Crippen molar-refractivity contribution in [1.82, 2.24) is 0 Å². The lowest BCUT2D eigenvalue weighted by molar-refractivity contribution is 0.660. The summed E-state index contributed by atoms with van der Waals surface area (Å²) in [5, 5.41) is 2.28. The summed E-state index contributed by atoms with van der Waals surface area (Å²) in [5.74, 6) is 0. The second kappa shape index (κ2) is 10.4. The van der Waals surface area contributed by atoms with Crippen LogP contribution in [0, 0.1) is 0 Å². The molecule has 0 unspecified atom stereocenters. The molecule has 0 N–H and O–H groups in total. The van der Waals surface area contributed by atoms with Gasteiger partial charge in [-0.05, 0) is 91.6 Å². The highest BCUT2D eigenvalue weighted by Gasteiger charge is 2.35. The van der Waals surface area contributed by atoms with E-state index in [1.165, 1.54) is 16.7 Å². The molecule has 0 radical (unpaired) electrons. The third kappa shape index (κ3) is 4.32. The predicted molar refractivity (Wildman–Crippen MR) is 187 cm³/mol. The van der Waals surface area contributed by atoms with Crippen LogP contribution >= 0.6 is 0 Å². The third-order valence-electron chi connectivity index (χ3n) is 8.93. The predicted octanol–water partition coefficient (Wildman–Crippen LogP) is 11.9. The lowest BCUT2D eigenvalue weighted by atomic mass is 9.82. The number of anilines is 3. The first-order chi connectivity index (χ1) is 23.3. The van der Waals surface area contributed by atoms with Crippen LogP contribution in [0.2, 0.25) is 0 Å². The van der Waals surface area contributed by atoms with E-state index in [-0.39, 0.29) is 35.3 Å². The van der Waals surface area contributed by atoms with Crippen molar-refractivity contribution in [2.75, 3.05) is 4.90 Å². The summed E-state index contributed by atoms with van der Waals surface area (Å²) < 4.78 is 37.1. The minimum absolute atomic E-state index is 0.0682. The molecule has 7 aromatic carbocycles. The fourth-order valence-electron chi connectivity index (χ4n) is 6.70. The Kier molecular flexibility index (Phi) is 5.24. The van der Waals surface area contributed by atoms with Crippen LogP contribution in [0.5, 0.6) is 0 Å². The summed E-state index contributed by atoms with van der Waals surface area (Å²) >= 11 is 0. The number of fused-ring (bicyclic) bond motifs is 4. The zero-order chi connectivity index (χ0) is 33.2. The summed E-state index contributed by atoms with van der Waals surface area (Å²) in [7, 11) is 0. The molecule has 1 aliphatic carbocycles. The van der Waals surface area contributed by atoms with Gasteiger partial charge in [0, 0.05) is 22.5 Å². The molecular formula is C43H33N. The third-order valence-corrected chi connectivity index (χ3v) is 8.93. The average Bonchev–Trinajstić information content (AvgIpc) is 3.35. The van der Waals surface area contributed by atoms with Crippen LogP contribution in [0.4, 0.5) is 17.1 Å². The van der Waals surface area contributed by atoms with Gasteiger partial charge in [-0.15, -0.1) is 0 Å². The molecule has 1 aliphatic rings. The number of benzene rings is 7. The summed E-state index contributed by atoms with van der Waals surface area (Å²) in [6.07, 6.45) is 0. The van der Waals surface area contributed by atoms with E-state index in [0.717, 1.165) is 38.8 Å². The van der Waals surface area contributed by atoms with Gasteiger partial charge in [0.15, 0.2) is 0 Å². The van der Waals surface area contributed by atoms with Crippen molar-refractivity contribution in [2.45, 2.75) is 19.3 Å². The molecule has 0 heterocycles. The summed E-state index contributed by atoms with van der Waals surface area (Å²) in [6, 6.07) is 46.5. The highest BCUT2D eigenvalue weighted by atomic mass is 15.1. The topological polar surface area (TPSA) is 3.24 Å². The molecule has 0 amide bonds. The molecule has 7 aromatic rings. The molecule has 0 saturated carbocycles. The largest absolute Gasteiger partial charge is 0.310 e. The first-order valence-corrected chi connectivity index (χ1v) is 15.0. The molecule has 0 fully saturated rings. The Bertz CT molecular complexity index is 2340. The molecule has 0 saturated heterocycles. The maximum absolute atomic E-state index is 9.38. The van der Waals surface area contributed by atoms with Crippen molar-refractivity contribution in [3.63, 3.8) is 0 Å². The van der Waals surface area contributed by atoms with E-state index in [2.05, 4.69) is 92.7 Å². The van der Waals surface area contributed by atoms with Gasteiger partial charge >= 0.3 is 0 Å². The van der Waals surface area contributed by atoms with E-state index in [4.69, 9.17) is 2.74 Å². The van der Waals surface area contributed by atoms with E-state index >= 15 is 0 Å². The Hall–Kier alpha value is -5.40. The molecule has 210 valence electrons. The second-order valence-electron chi connectivity index (χ2n) is 11.9. The van der Waals surface area contributed by atoms with Gasteiger partial charge in [-0.3, -0.25) is 0 Å². The van der Waals surface area contributed by atoms with Gasteiger partial charge in [-0.1, -0.05) is 141 Å². The van der Waals surface area contributed by atoms with E-state index < -0.39 is 0 Å². The summed E-state index contributed by atoms with van der Waals surface area (Å²) in [6.45, 7) is 4.47. The molecule has 0 atom stereocenters. The van der Waals surface area contributed by atoms with Crippen molar-refractivity contribution in [3.05, 3.63) is 175 Å². The fourth-order valence-corrected chi connectivity index (χ4v) is 6.70. The van der Waals surface area contributed by atoms with E-state index in [0.29, 0.717) is 11.1 Å². The summed E-state index contributed by atoms with van der Waals surface area (Å²) in [4.78, 5) is 1.91. The van der Waals surface area contributed by atoms with Gasteiger partial charge in [0.05, 0.1) is 5.48 Å². The molecule has 8 rings (SSSR count). The quantitative estimate of drug-likeness (QED) is 0.200. The Morgan fingerprint density at radius 3 is 1.95 bits per heavy atom. The van der Waals surface area contributed by atoms with Gasteiger partial charge < -0.3 is 4.90 Å². The van der Waals surface area contributed by atoms with Crippen LogP contribution in [0.25, 0.3) is 44.2 Å². The minimum atomic E-state index is -0.260. The molecule has 44 heavy (non-hydrogen) atoms. The number of hydrogen-bond donors (Lipinski definition) is 0. The fraction of sp³-hybridized carbons (Fsp3) is 0.0698. The van der Waals surface area contributed by atoms with E-state index in [1.807, 2.05) is 65.6 Å². The molecule has 0 aromatic heterocycles. The molecular weight excluding hydrogens is 530 g/mol. The van der Waals surface area contributed by atoms with Gasteiger partial charge in [0.2, 0.25) is 0 Å². The number of nitrogens with zero attached hydrogens (tertiary/aromatic N) is 1. The van der Waals surface area contributed by atoms with Crippen LogP contribution < -0.4 is 4.90 Å². The van der Waals surface area contributed by atoms with Crippen LogP contribution in [-0.4, -0.2) is 0 Å². The van der Waals surface area contributed by atoms with Crippen LogP contribution in [0.15, 0.2) is 164 Å². The minimum Gasteiger partial charge on any atom is -0.310 e. The molecule has 0 spiro atoms. The normalized spacial score (nSPS) is 14.2. The maximum atomic E-state index is 9.38. The van der Waals surface area contributed by atoms with Crippen molar-refractivity contribution in [3.8, 4) is 33.4 Å². The molecule has 1 nitrogen and oxygen atoms in total. The number of hydrogen-bond acceptors (Lipinski definition) is 1. The van der Waals surface area contributed by atoms with Gasteiger partial charge in [0.25, 0.3) is 0 Å². The van der Waals surface area contributed by atoms with Crippen molar-refractivity contribution in [2.24, 2.45) is 0 Å². The van der Waals surface area contributed by atoms with Gasteiger partial charge in [-0.25, -0.2) is 0 Å². The Morgan fingerprint density at radius 1 is 0.455 bits per heavy atom. The monoisotopic (exact) mass is 567 g/mol. The maximum Gasteiger partial charge on any atom is 0.0645 e. The van der Waals surface area contributed by atoms with Crippen LogP contribution in [0.1, 0.15) is 30.5 Å². The first-order valence-electron chi connectivity index (χ1n) is 17.0. The Labute approximate surface area is 265 Å². The Morgan fingerprint density at radius 2 is 1.09 bits per heavy atom. The zero-order valence-electron chi connectivity index (χ0n) is 28.7. The van der Waals surface area contributed by atoms with Gasteiger partial charge in [0.1, 0.15) is 0 Å². The smallest absolute Gasteiger partial charge is 0.0645 e. The van der Waals surface area contributed by atoms with Crippen LogP contribution in [0.3, 0.4) is 0 Å². The Balaban J connectivity index is 1.38. The van der Waals surface area contributed by atoms with Crippen molar-refractivity contribution in [1.29, 1.82) is 0 Å². The zero-order valence-corrected chi connectivity index (χ0v) is 24.7. The van der Waals surface area contributed by atoms with E-state index in [1.54, 1.807) is 0 Å². The molecule has 0 aliphatic heterocycles. The van der Waals surface area contributed by atoms with Crippen molar-refractivity contribution >= 4 is 27.8 Å².